The molecular weight excluding hydrogens is 372 g/mol. The fourth-order valence-electron chi connectivity index (χ4n) is 2.81. The van der Waals surface area contributed by atoms with Gasteiger partial charge in [0.05, 0.1) is 11.6 Å². The van der Waals surface area contributed by atoms with Gasteiger partial charge < -0.3 is 14.5 Å². The van der Waals surface area contributed by atoms with Crippen LogP contribution in [0, 0.1) is 0 Å². The van der Waals surface area contributed by atoms with Gasteiger partial charge in [-0.2, -0.15) is 5.10 Å². The van der Waals surface area contributed by atoms with Gasteiger partial charge in [-0.25, -0.2) is 0 Å². The van der Waals surface area contributed by atoms with Gasteiger partial charge in [0.15, 0.2) is 5.69 Å². The van der Waals surface area contributed by atoms with Crippen LogP contribution in [0.2, 0.25) is 0 Å². The van der Waals surface area contributed by atoms with E-state index in [9.17, 15) is 4.79 Å². The molecule has 1 aromatic heterocycles. The second-order valence-electron chi connectivity index (χ2n) is 5.66. The lowest BCUT2D eigenvalue weighted by Crippen LogP contribution is -2.49. The predicted octanol–water partition coefficient (Wildman–Crippen LogP) is 2.64. The minimum Gasteiger partial charge on any atom is -0.497 e. The topological polar surface area (TPSA) is 50.6 Å². The van der Waals surface area contributed by atoms with Gasteiger partial charge in [-0.1, -0.05) is 0 Å². The van der Waals surface area contributed by atoms with Crippen LogP contribution in [-0.4, -0.2) is 53.9 Å². The molecule has 0 radical (unpaired) electrons. The molecule has 0 atom stereocenters. The molecule has 1 aromatic carbocycles. The first-order valence-corrected chi connectivity index (χ1v) is 8.83. The van der Waals surface area contributed by atoms with Crippen LogP contribution in [-0.2, 0) is 6.54 Å². The fourth-order valence-corrected chi connectivity index (χ4v) is 3.30. The zero-order chi connectivity index (χ0) is 17.1. The number of aryl methyl sites for hydroxylation is 1. The summed E-state index contributed by atoms with van der Waals surface area (Å²) < 4.78 is 7.72. The van der Waals surface area contributed by atoms with Crippen molar-refractivity contribution >= 4 is 27.5 Å². The van der Waals surface area contributed by atoms with Crippen molar-refractivity contribution in [3.8, 4) is 5.75 Å². The van der Waals surface area contributed by atoms with Crippen LogP contribution < -0.4 is 9.64 Å². The quantitative estimate of drug-likeness (QED) is 0.802. The minimum atomic E-state index is -0.0107. The Morgan fingerprint density at radius 3 is 2.42 bits per heavy atom. The van der Waals surface area contributed by atoms with Crippen molar-refractivity contribution in [1.29, 1.82) is 0 Å². The van der Waals surface area contributed by atoms with E-state index in [2.05, 4.69) is 38.1 Å². The molecule has 0 unspecified atom stereocenters. The monoisotopic (exact) mass is 392 g/mol. The average Bonchev–Trinajstić information content (AvgIpc) is 3.02. The lowest BCUT2D eigenvalue weighted by atomic mass is 10.2. The van der Waals surface area contributed by atoms with E-state index in [1.165, 1.54) is 0 Å². The van der Waals surface area contributed by atoms with Crippen LogP contribution in [0.1, 0.15) is 17.4 Å². The molecule has 1 aliphatic rings. The van der Waals surface area contributed by atoms with Crippen LogP contribution in [0.5, 0.6) is 5.75 Å². The molecular formula is C17H21BrN4O2. The Kier molecular flexibility index (Phi) is 5.08. The lowest BCUT2D eigenvalue weighted by Gasteiger charge is -2.35. The highest BCUT2D eigenvalue weighted by molar-refractivity contribution is 9.10. The van der Waals surface area contributed by atoms with Gasteiger partial charge in [0.25, 0.3) is 5.91 Å². The molecule has 0 aliphatic carbocycles. The van der Waals surface area contributed by atoms with E-state index in [0.29, 0.717) is 18.8 Å². The Balaban J connectivity index is 1.63. The van der Waals surface area contributed by atoms with E-state index in [1.54, 1.807) is 11.8 Å². The highest BCUT2D eigenvalue weighted by atomic mass is 79.9. The van der Waals surface area contributed by atoms with Crippen LogP contribution in [0.25, 0.3) is 0 Å². The van der Waals surface area contributed by atoms with Crippen molar-refractivity contribution in [3.05, 3.63) is 40.6 Å². The Labute approximate surface area is 150 Å². The number of methoxy groups -OCH3 is 1. The number of carbonyl (C=O) groups excluding carboxylic acids is 1. The number of ether oxygens (including phenoxy) is 1. The molecule has 0 saturated carbocycles. The maximum absolute atomic E-state index is 12.7. The first kappa shape index (κ1) is 16.8. The number of nitrogens with zero attached hydrogens (tertiary/aromatic N) is 4. The Hall–Kier alpha value is -2.02. The summed E-state index contributed by atoms with van der Waals surface area (Å²) in [5.41, 5.74) is 1.65. The van der Waals surface area contributed by atoms with E-state index >= 15 is 0 Å². The van der Waals surface area contributed by atoms with Gasteiger partial charge in [0.1, 0.15) is 5.75 Å². The lowest BCUT2D eigenvalue weighted by molar-refractivity contribution is 0.0739. The first-order chi connectivity index (χ1) is 11.6. The van der Waals surface area contributed by atoms with E-state index in [4.69, 9.17) is 4.74 Å². The van der Waals surface area contributed by atoms with E-state index in [1.807, 2.05) is 30.2 Å². The molecule has 1 fully saturated rings. The second-order valence-corrected chi connectivity index (χ2v) is 6.51. The molecule has 24 heavy (non-hydrogen) atoms. The van der Waals surface area contributed by atoms with Gasteiger partial charge in [-0.15, -0.1) is 0 Å². The number of carbonyl (C=O) groups is 1. The predicted molar refractivity (Wildman–Crippen MR) is 96.7 cm³/mol. The molecule has 0 spiro atoms. The Bertz CT molecular complexity index is 706. The number of aromatic nitrogens is 2. The molecule has 2 aromatic rings. The minimum absolute atomic E-state index is 0.0107. The van der Waals surface area contributed by atoms with Crippen molar-refractivity contribution in [2.24, 2.45) is 0 Å². The van der Waals surface area contributed by atoms with Crippen LogP contribution >= 0.6 is 15.9 Å². The molecule has 128 valence electrons. The number of anilines is 1. The third-order valence-electron chi connectivity index (χ3n) is 4.25. The summed E-state index contributed by atoms with van der Waals surface area (Å²) in [6.07, 6.45) is 1.85. The molecule has 6 nitrogen and oxygen atoms in total. The van der Waals surface area contributed by atoms with Crippen molar-refractivity contribution in [1.82, 2.24) is 14.7 Å². The maximum Gasteiger partial charge on any atom is 0.275 e. The smallest absolute Gasteiger partial charge is 0.275 e. The normalized spacial score (nSPS) is 14.8. The maximum atomic E-state index is 12.7. The standard InChI is InChI=1S/C17H21BrN4O2/c1-3-22-12-15(18)16(19-22)17(23)21-10-8-20(9-11-21)13-4-6-14(24-2)7-5-13/h4-7,12H,3,8-11H2,1-2H3. The summed E-state index contributed by atoms with van der Waals surface area (Å²) >= 11 is 3.43. The van der Waals surface area contributed by atoms with E-state index < -0.39 is 0 Å². The summed E-state index contributed by atoms with van der Waals surface area (Å²) in [6.45, 7) is 5.75. The Morgan fingerprint density at radius 1 is 1.21 bits per heavy atom. The Morgan fingerprint density at radius 2 is 1.88 bits per heavy atom. The van der Waals surface area contributed by atoms with Gasteiger partial charge in [0.2, 0.25) is 0 Å². The van der Waals surface area contributed by atoms with Crippen molar-refractivity contribution in [2.45, 2.75) is 13.5 Å². The molecule has 1 saturated heterocycles. The van der Waals surface area contributed by atoms with Crippen molar-refractivity contribution in [2.75, 3.05) is 38.2 Å². The second kappa shape index (κ2) is 7.25. The van der Waals surface area contributed by atoms with Crippen LogP contribution in [0.3, 0.4) is 0 Å². The largest absolute Gasteiger partial charge is 0.497 e. The number of amides is 1. The zero-order valence-electron chi connectivity index (χ0n) is 13.9. The first-order valence-electron chi connectivity index (χ1n) is 8.03. The van der Waals surface area contributed by atoms with Crippen LogP contribution in [0.4, 0.5) is 5.69 Å². The zero-order valence-corrected chi connectivity index (χ0v) is 15.5. The highest BCUT2D eigenvalue weighted by Crippen LogP contribution is 2.22. The average molecular weight is 393 g/mol. The third kappa shape index (κ3) is 3.40. The number of hydrogen-bond acceptors (Lipinski definition) is 4. The number of hydrogen-bond donors (Lipinski definition) is 0. The van der Waals surface area contributed by atoms with E-state index in [-0.39, 0.29) is 5.91 Å². The summed E-state index contributed by atoms with van der Waals surface area (Å²) in [5, 5.41) is 4.35. The summed E-state index contributed by atoms with van der Waals surface area (Å²) in [4.78, 5) is 16.8. The molecule has 7 heteroatoms. The fraction of sp³-hybridized carbons (Fsp3) is 0.412. The van der Waals surface area contributed by atoms with Gasteiger partial charge in [-0.3, -0.25) is 9.48 Å². The third-order valence-corrected chi connectivity index (χ3v) is 4.83. The molecule has 1 amide bonds. The van der Waals surface area contributed by atoms with E-state index in [0.717, 1.165) is 35.5 Å². The SMILES string of the molecule is CCn1cc(Br)c(C(=O)N2CCN(c3ccc(OC)cc3)CC2)n1. The molecule has 0 N–H and O–H groups in total. The summed E-state index contributed by atoms with van der Waals surface area (Å²) in [5.74, 6) is 0.840. The molecule has 2 heterocycles. The summed E-state index contributed by atoms with van der Waals surface area (Å²) in [7, 11) is 1.66. The molecule has 1 aliphatic heterocycles. The molecule has 3 rings (SSSR count). The van der Waals surface area contributed by atoms with Gasteiger partial charge in [-0.05, 0) is 47.1 Å². The van der Waals surface area contributed by atoms with Crippen molar-refractivity contribution in [3.63, 3.8) is 0 Å². The number of halogens is 1. The highest BCUT2D eigenvalue weighted by Gasteiger charge is 2.25. The molecule has 0 bridgehead atoms. The van der Waals surface area contributed by atoms with Gasteiger partial charge >= 0.3 is 0 Å². The number of piperazine rings is 1. The van der Waals surface area contributed by atoms with Gasteiger partial charge in [0, 0.05) is 44.6 Å². The van der Waals surface area contributed by atoms with Crippen LogP contribution in [0.15, 0.2) is 34.9 Å². The van der Waals surface area contributed by atoms with Crippen molar-refractivity contribution < 1.29 is 9.53 Å². The number of benzene rings is 1. The number of rotatable bonds is 4. The summed E-state index contributed by atoms with van der Waals surface area (Å²) in [6, 6.07) is 8.02.